The minimum Gasteiger partial charge on any atom is -0.459 e. The summed E-state index contributed by atoms with van der Waals surface area (Å²) in [6.45, 7) is 11.3. The van der Waals surface area contributed by atoms with Gasteiger partial charge in [-0.15, -0.1) is 0 Å². The van der Waals surface area contributed by atoms with Crippen molar-refractivity contribution in [1.29, 1.82) is 0 Å². The number of allylic oxidation sites excluding steroid dienone is 3. The molecule has 4 rings (SSSR count). The first-order chi connectivity index (χ1) is 16.6. The van der Waals surface area contributed by atoms with Crippen molar-refractivity contribution in [3.63, 3.8) is 0 Å². The maximum Gasteiger partial charge on any atom is 0.303 e. The summed E-state index contributed by atoms with van der Waals surface area (Å²) in [6, 6.07) is 0. The number of hydrogen-bond acceptors (Lipinski definition) is 6. The Balaban J connectivity index is 1.51. The summed E-state index contributed by atoms with van der Waals surface area (Å²) in [5, 5.41) is 43.1. The number of carbonyl (C=O) groups is 1. The SMILES string of the molecule is CC(=O)O[C@H]1C[C@@]2(O)CC2(C/C=C2\CCC[C@]3(C)[C@@H]([C@H](C)/C=C/[C@H](C)C(C)(C)O)CC[C@@H]23)C1(O)CO. The van der Waals surface area contributed by atoms with Crippen LogP contribution in [-0.4, -0.2) is 55.9 Å². The van der Waals surface area contributed by atoms with Crippen LogP contribution in [-0.2, 0) is 9.53 Å². The molecule has 204 valence electrons. The molecule has 6 nitrogen and oxygen atoms in total. The highest BCUT2D eigenvalue weighted by Crippen LogP contribution is 2.73. The van der Waals surface area contributed by atoms with Gasteiger partial charge in [0.25, 0.3) is 0 Å². The molecule has 4 aliphatic rings. The van der Waals surface area contributed by atoms with Crippen molar-refractivity contribution in [3.05, 3.63) is 23.8 Å². The first kappa shape index (κ1) is 27.8. The molecule has 0 spiro atoms. The van der Waals surface area contributed by atoms with Crippen LogP contribution in [0.25, 0.3) is 0 Å². The van der Waals surface area contributed by atoms with Gasteiger partial charge in [-0.2, -0.15) is 0 Å². The predicted octanol–water partition coefficient (Wildman–Crippen LogP) is 4.30. The molecular formula is C30H48O6. The minimum absolute atomic E-state index is 0.0933. The van der Waals surface area contributed by atoms with Gasteiger partial charge in [-0.25, -0.2) is 0 Å². The molecular weight excluding hydrogens is 456 g/mol. The Kier molecular flexibility index (Phi) is 7.12. The molecule has 36 heavy (non-hydrogen) atoms. The van der Waals surface area contributed by atoms with E-state index in [1.165, 1.54) is 25.3 Å². The molecule has 0 aliphatic heterocycles. The minimum atomic E-state index is -1.63. The van der Waals surface area contributed by atoms with Gasteiger partial charge in [-0.1, -0.05) is 44.6 Å². The molecule has 0 amide bonds. The van der Waals surface area contributed by atoms with E-state index in [2.05, 4.69) is 39.0 Å². The number of aliphatic hydroxyl groups excluding tert-OH is 1. The molecule has 4 fully saturated rings. The zero-order chi connectivity index (χ0) is 26.7. The lowest BCUT2D eigenvalue weighted by Gasteiger charge is -2.44. The molecule has 6 heteroatoms. The van der Waals surface area contributed by atoms with E-state index in [9.17, 15) is 25.2 Å². The van der Waals surface area contributed by atoms with Crippen molar-refractivity contribution in [1.82, 2.24) is 0 Å². The van der Waals surface area contributed by atoms with E-state index in [1.54, 1.807) is 0 Å². The van der Waals surface area contributed by atoms with Crippen LogP contribution in [0.4, 0.5) is 0 Å². The van der Waals surface area contributed by atoms with Crippen LogP contribution in [0.3, 0.4) is 0 Å². The Bertz CT molecular complexity index is 919. The Morgan fingerprint density at radius 3 is 2.53 bits per heavy atom. The smallest absolute Gasteiger partial charge is 0.303 e. The number of hydrogen-bond donors (Lipinski definition) is 4. The zero-order valence-electron chi connectivity index (χ0n) is 23.1. The number of aliphatic hydroxyl groups is 4. The van der Waals surface area contributed by atoms with Crippen LogP contribution >= 0.6 is 0 Å². The van der Waals surface area contributed by atoms with Gasteiger partial charge in [-0.3, -0.25) is 4.79 Å². The average molecular weight is 505 g/mol. The second-order valence-corrected chi connectivity index (χ2v) is 13.4. The molecule has 0 radical (unpaired) electrons. The lowest BCUT2D eigenvalue weighted by atomic mass is 9.61. The largest absolute Gasteiger partial charge is 0.459 e. The van der Waals surface area contributed by atoms with Crippen molar-refractivity contribution in [2.75, 3.05) is 6.61 Å². The number of rotatable bonds is 8. The van der Waals surface area contributed by atoms with E-state index < -0.39 is 40.9 Å². The van der Waals surface area contributed by atoms with Crippen LogP contribution < -0.4 is 0 Å². The van der Waals surface area contributed by atoms with Crippen molar-refractivity contribution >= 4 is 5.97 Å². The van der Waals surface area contributed by atoms with E-state index in [0.717, 1.165) is 19.3 Å². The highest BCUT2D eigenvalue weighted by atomic mass is 16.6. The molecule has 0 saturated heterocycles. The molecule has 4 saturated carbocycles. The van der Waals surface area contributed by atoms with Gasteiger partial charge < -0.3 is 25.2 Å². The van der Waals surface area contributed by atoms with E-state index in [-0.39, 0.29) is 17.8 Å². The van der Waals surface area contributed by atoms with E-state index in [0.29, 0.717) is 30.6 Å². The maximum absolute atomic E-state index is 11.6. The molecule has 0 bridgehead atoms. The Morgan fingerprint density at radius 2 is 1.92 bits per heavy atom. The van der Waals surface area contributed by atoms with Gasteiger partial charge in [0, 0.05) is 24.7 Å². The third-order valence-electron chi connectivity index (χ3n) is 11.0. The Hall–Kier alpha value is -1.21. The molecule has 0 heterocycles. The number of ether oxygens (including phenoxy) is 1. The van der Waals surface area contributed by atoms with Gasteiger partial charge in [0.1, 0.15) is 11.7 Å². The topological polar surface area (TPSA) is 107 Å². The Morgan fingerprint density at radius 1 is 1.22 bits per heavy atom. The first-order valence-electron chi connectivity index (χ1n) is 14.0. The molecule has 4 aliphatic carbocycles. The van der Waals surface area contributed by atoms with Crippen LogP contribution in [0.1, 0.15) is 92.9 Å². The number of carbonyl (C=O) groups excluding carboxylic acids is 1. The molecule has 9 atom stereocenters. The van der Waals surface area contributed by atoms with E-state index >= 15 is 0 Å². The van der Waals surface area contributed by atoms with Crippen molar-refractivity contribution < 1.29 is 30.0 Å². The van der Waals surface area contributed by atoms with Gasteiger partial charge in [0.05, 0.1) is 17.8 Å². The van der Waals surface area contributed by atoms with Crippen LogP contribution in [0.15, 0.2) is 23.8 Å². The second kappa shape index (κ2) is 9.21. The molecule has 2 unspecified atom stereocenters. The quantitative estimate of drug-likeness (QED) is 0.290. The second-order valence-electron chi connectivity index (χ2n) is 13.4. The van der Waals surface area contributed by atoms with Gasteiger partial charge >= 0.3 is 5.97 Å². The average Bonchev–Trinajstić information content (AvgIpc) is 3.14. The third kappa shape index (κ3) is 4.30. The monoisotopic (exact) mass is 504 g/mol. The lowest BCUT2D eigenvalue weighted by Crippen LogP contribution is -2.51. The van der Waals surface area contributed by atoms with Crippen molar-refractivity contribution in [2.24, 2.45) is 34.5 Å². The van der Waals surface area contributed by atoms with Crippen LogP contribution in [0, 0.1) is 34.5 Å². The Labute approximate surface area is 216 Å². The number of fused-ring (bicyclic) bond motifs is 2. The van der Waals surface area contributed by atoms with Gasteiger partial charge in [0.2, 0.25) is 0 Å². The summed E-state index contributed by atoms with van der Waals surface area (Å²) in [5.41, 5.74) is -2.70. The number of esters is 1. The highest BCUT2D eigenvalue weighted by Gasteiger charge is 2.83. The molecule has 0 aromatic heterocycles. The third-order valence-corrected chi connectivity index (χ3v) is 11.0. The fourth-order valence-corrected chi connectivity index (χ4v) is 8.30. The summed E-state index contributed by atoms with van der Waals surface area (Å²) >= 11 is 0. The maximum atomic E-state index is 11.6. The van der Waals surface area contributed by atoms with Gasteiger partial charge in [0.15, 0.2) is 0 Å². The lowest BCUT2D eigenvalue weighted by molar-refractivity contribution is -0.175. The van der Waals surface area contributed by atoms with E-state index in [4.69, 9.17) is 4.74 Å². The summed E-state index contributed by atoms with van der Waals surface area (Å²) in [5.74, 6) is 1.06. The normalized spacial score (nSPS) is 44.9. The van der Waals surface area contributed by atoms with Gasteiger partial charge in [-0.05, 0) is 82.0 Å². The standard InChI is InChI=1S/C30H48O6/c1-19(9-10-20(2)26(4,5)33)23-11-12-24-22(8-7-14-27(23,24)6)13-15-28-17-29(28,34)16-25(36-21(3)32)30(28,35)18-31/h9-10,13,19-20,23-25,31,33-35H,7-8,11-12,14-18H2,1-6H3/b10-9+,22-13+/t19-,20+,23-,24+,25+,27-,28?,29-,30?/m1/s1. The molecule has 4 N–H and O–H groups in total. The van der Waals surface area contributed by atoms with E-state index in [1.807, 2.05) is 13.8 Å². The van der Waals surface area contributed by atoms with Crippen LogP contribution in [0.2, 0.25) is 0 Å². The summed E-state index contributed by atoms with van der Waals surface area (Å²) in [4.78, 5) is 11.6. The van der Waals surface area contributed by atoms with Crippen LogP contribution in [0.5, 0.6) is 0 Å². The molecule has 0 aromatic carbocycles. The fraction of sp³-hybridized carbons (Fsp3) is 0.833. The summed E-state index contributed by atoms with van der Waals surface area (Å²) < 4.78 is 5.34. The summed E-state index contributed by atoms with van der Waals surface area (Å²) in [6.07, 6.45) is 12.6. The highest BCUT2D eigenvalue weighted by molar-refractivity contribution is 5.66. The first-order valence-corrected chi connectivity index (χ1v) is 14.0. The zero-order valence-corrected chi connectivity index (χ0v) is 23.1. The molecule has 0 aromatic rings. The summed E-state index contributed by atoms with van der Waals surface area (Å²) in [7, 11) is 0. The fourth-order valence-electron chi connectivity index (χ4n) is 8.30. The van der Waals surface area contributed by atoms with Crippen molar-refractivity contribution in [3.8, 4) is 0 Å². The van der Waals surface area contributed by atoms with Crippen molar-refractivity contribution in [2.45, 2.75) is 116 Å². The predicted molar refractivity (Wildman–Crippen MR) is 139 cm³/mol.